The van der Waals surface area contributed by atoms with Crippen LogP contribution in [0, 0.1) is 13.8 Å². The maximum Gasteiger partial charge on any atom is 0.243 e. The second-order valence-corrected chi connectivity index (χ2v) is 8.03. The molecule has 23 heavy (non-hydrogen) atoms. The third kappa shape index (κ3) is 3.74. The highest BCUT2D eigenvalue weighted by Crippen LogP contribution is 2.24. The van der Waals surface area contributed by atoms with Crippen molar-refractivity contribution in [3.8, 4) is 0 Å². The highest BCUT2D eigenvalue weighted by molar-refractivity contribution is 7.89. The fourth-order valence-electron chi connectivity index (χ4n) is 2.64. The Morgan fingerprint density at radius 1 is 0.913 bits per heavy atom. The Morgan fingerprint density at radius 2 is 1.48 bits per heavy atom. The number of rotatable bonds is 5. The zero-order valence-electron chi connectivity index (χ0n) is 14.4. The fraction of sp³-hybridized carbons (Fsp3) is 0.333. The first-order chi connectivity index (χ1) is 10.7. The first-order valence-electron chi connectivity index (χ1n) is 7.52. The van der Waals surface area contributed by atoms with E-state index >= 15 is 0 Å². The van der Waals surface area contributed by atoms with Crippen LogP contribution in [0.2, 0.25) is 0 Å². The van der Waals surface area contributed by atoms with Crippen LogP contribution in [0.3, 0.4) is 0 Å². The van der Waals surface area contributed by atoms with Crippen LogP contribution < -0.4 is 4.90 Å². The Labute approximate surface area is 139 Å². The number of aryl methyl sites for hydroxylation is 2. The van der Waals surface area contributed by atoms with E-state index in [1.54, 1.807) is 7.05 Å². The molecule has 0 amide bonds. The molecule has 0 radical (unpaired) electrons. The van der Waals surface area contributed by atoms with E-state index in [0.717, 1.165) is 22.4 Å². The maximum atomic E-state index is 12.9. The van der Waals surface area contributed by atoms with Gasteiger partial charge in [0.2, 0.25) is 10.0 Å². The van der Waals surface area contributed by atoms with Gasteiger partial charge in [-0.15, -0.1) is 0 Å². The number of nitrogens with zero attached hydrogens (tertiary/aromatic N) is 2. The summed E-state index contributed by atoms with van der Waals surface area (Å²) in [6.45, 7) is 4.01. The van der Waals surface area contributed by atoms with Gasteiger partial charge in [-0.3, -0.25) is 0 Å². The van der Waals surface area contributed by atoms with Gasteiger partial charge in [-0.2, -0.15) is 4.31 Å². The van der Waals surface area contributed by atoms with Gasteiger partial charge in [-0.25, -0.2) is 8.42 Å². The maximum absolute atomic E-state index is 12.9. The number of benzene rings is 2. The molecule has 0 aliphatic carbocycles. The summed E-state index contributed by atoms with van der Waals surface area (Å²) in [5, 5.41) is 0. The molecule has 4 nitrogen and oxygen atoms in total. The summed E-state index contributed by atoms with van der Waals surface area (Å²) >= 11 is 0. The normalized spacial score (nSPS) is 11.7. The number of hydrogen-bond donors (Lipinski definition) is 0. The Morgan fingerprint density at radius 3 is 2.04 bits per heavy atom. The van der Waals surface area contributed by atoms with Crippen molar-refractivity contribution in [3.63, 3.8) is 0 Å². The smallest absolute Gasteiger partial charge is 0.243 e. The van der Waals surface area contributed by atoms with E-state index in [-0.39, 0.29) is 0 Å². The highest BCUT2D eigenvalue weighted by atomic mass is 32.2. The lowest BCUT2D eigenvalue weighted by Crippen LogP contribution is -2.27. The molecule has 124 valence electrons. The lowest BCUT2D eigenvalue weighted by molar-refractivity contribution is 0.466. The molecule has 0 spiro atoms. The van der Waals surface area contributed by atoms with Crippen molar-refractivity contribution in [3.05, 3.63) is 59.2 Å². The molecule has 2 rings (SSSR count). The van der Waals surface area contributed by atoms with Gasteiger partial charge in [0.15, 0.2) is 0 Å². The minimum absolute atomic E-state index is 0.345. The van der Waals surface area contributed by atoms with Crippen LogP contribution in [-0.4, -0.2) is 33.9 Å². The molecule has 0 aliphatic rings. The van der Waals surface area contributed by atoms with Gasteiger partial charge in [-0.1, -0.05) is 30.3 Å². The van der Waals surface area contributed by atoms with Crippen LogP contribution >= 0.6 is 0 Å². The van der Waals surface area contributed by atoms with Gasteiger partial charge in [0, 0.05) is 33.4 Å². The van der Waals surface area contributed by atoms with Crippen molar-refractivity contribution < 1.29 is 8.42 Å². The molecule has 0 N–H and O–H groups in total. The zero-order chi connectivity index (χ0) is 17.2. The van der Waals surface area contributed by atoms with Gasteiger partial charge in [0.05, 0.1) is 4.90 Å². The summed E-state index contributed by atoms with van der Waals surface area (Å²) in [5.74, 6) is 0. The van der Waals surface area contributed by atoms with Gasteiger partial charge in [0.1, 0.15) is 0 Å². The van der Waals surface area contributed by atoms with E-state index in [0.29, 0.717) is 11.4 Å². The predicted octanol–water partition coefficient (Wildman–Crippen LogP) is 3.19. The van der Waals surface area contributed by atoms with Crippen molar-refractivity contribution in [2.75, 3.05) is 26.0 Å². The van der Waals surface area contributed by atoms with Crippen LogP contribution in [0.5, 0.6) is 0 Å². The second-order valence-electron chi connectivity index (χ2n) is 6.05. The van der Waals surface area contributed by atoms with Gasteiger partial charge < -0.3 is 4.90 Å². The molecule has 0 unspecified atom stereocenters. The average Bonchev–Trinajstić information content (AvgIpc) is 2.47. The van der Waals surface area contributed by atoms with Crippen molar-refractivity contribution in [1.29, 1.82) is 0 Å². The van der Waals surface area contributed by atoms with E-state index in [1.165, 1.54) is 4.31 Å². The van der Waals surface area contributed by atoms with Crippen LogP contribution in [0.4, 0.5) is 5.69 Å². The van der Waals surface area contributed by atoms with E-state index in [2.05, 4.69) is 0 Å². The van der Waals surface area contributed by atoms with Crippen LogP contribution in [-0.2, 0) is 16.6 Å². The third-order valence-corrected chi connectivity index (χ3v) is 6.02. The molecule has 0 saturated carbocycles. The summed E-state index contributed by atoms with van der Waals surface area (Å²) in [6, 6.07) is 13.5. The first-order valence-corrected chi connectivity index (χ1v) is 8.96. The molecule has 0 heterocycles. The fourth-order valence-corrected chi connectivity index (χ4v) is 4.22. The average molecular weight is 332 g/mol. The molecule has 0 aromatic heterocycles. The number of sulfonamides is 1. The van der Waals surface area contributed by atoms with Gasteiger partial charge in [-0.05, 0) is 42.7 Å². The molecular weight excluding hydrogens is 308 g/mol. The highest BCUT2D eigenvalue weighted by Gasteiger charge is 2.24. The summed E-state index contributed by atoms with van der Waals surface area (Å²) in [5.41, 5.74) is 3.58. The molecular formula is C18H24N2O2S. The topological polar surface area (TPSA) is 40.6 Å². The minimum Gasteiger partial charge on any atom is -0.378 e. The Balaban J connectivity index is 2.33. The molecule has 0 atom stereocenters. The standard InChI is InChI=1S/C18H24N2O2S/c1-14-8-6-9-15(2)18(14)23(21,22)20(5)13-16-10-7-11-17(12-16)19(3)4/h6-12H,13H2,1-5H3. The summed E-state index contributed by atoms with van der Waals surface area (Å²) < 4.78 is 27.2. The monoisotopic (exact) mass is 332 g/mol. The van der Waals surface area contributed by atoms with Crippen molar-refractivity contribution >= 4 is 15.7 Å². The third-order valence-electron chi connectivity index (χ3n) is 3.91. The van der Waals surface area contributed by atoms with E-state index in [1.807, 2.05) is 75.3 Å². The SMILES string of the molecule is Cc1cccc(C)c1S(=O)(=O)N(C)Cc1cccc(N(C)C)c1. The number of hydrogen-bond acceptors (Lipinski definition) is 3. The minimum atomic E-state index is -3.51. The van der Waals surface area contributed by atoms with E-state index in [4.69, 9.17) is 0 Å². The second kappa shape index (κ2) is 6.72. The summed E-state index contributed by atoms with van der Waals surface area (Å²) in [6.07, 6.45) is 0. The largest absolute Gasteiger partial charge is 0.378 e. The Kier molecular flexibility index (Phi) is 5.12. The van der Waals surface area contributed by atoms with Crippen LogP contribution in [0.1, 0.15) is 16.7 Å². The molecule has 0 aliphatic heterocycles. The van der Waals surface area contributed by atoms with Gasteiger partial charge in [0.25, 0.3) is 0 Å². The zero-order valence-corrected chi connectivity index (χ0v) is 15.2. The van der Waals surface area contributed by atoms with E-state index in [9.17, 15) is 8.42 Å². The Bertz CT molecular complexity index is 778. The van der Waals surface area contributed by atoms with E-state index < -0.39 is 10.0 Å². The van der Waals surface area contributed by atoms with Crippen molar-refractivity contribution in [2.45, 2.75) is 25.3 Å². The Hall–Kier alpha value is -1.85. The molecule has 2 aromatic carbocycles. The van der Waals surface area contributed by atoms with Crippen molar-refractivity contribution in [2.24, 2.45) is 0 Å². The number of anilines is 1. The predicted molar refractivity (Wildman–Crippen MR) is 95.3 cm³/mol. The lowest BCUT2D eigenvalue weighted by atomic mass is 10.2. The first kappa shape index (κ1) is 17.5. The van der Waals surface area contributed by atoms with Crippen LogP contribution in [0.25, 0.3) is 0 Å². The molecule has 0 bridgehead atoms. The van der Waals surface area contributed by atoms with Crippen LogP contribution in [0.15, 0.2) is 47.4 Å². The molecule has 2 aromatic rings. The quantitative estimate of drug-likeness (QED) is 0.844. The van der Waals surface area contributed by atoms with Crippen molar-refractivity contribution in [1.82, 2.24) is 4.31 Å². The molecule has 5 heteroatoms. The van der Waals surface area contributed by atoms with Gasteiger partial charge >= 0.3 is 0 Å². The summed E-state index contributed by atoms with van der Waals surface area (Å²) in [4.78, 5) is 2.41. The molecule has 0 saturated heterocycles. The molecule has 0 fully saturated rings. The lowest BCUT2D eigenvalue weighted by Gasteiger charge is -2.21. The summed E-state index contributed by atoms with van der Waals surface area (Å²) in [7, 11) is 2.05.